The van der Waals surface area contributed by atoms with E-state index in [1.807, 2.05) is 6.92 Å². The molecule has 7 heteroatoms. The van der Waals surface area contributed by atoms with Crippen molar-refractivity contribution in [2.75, 3.05) is 23.3 Å². The standard InChI is InChI=1S/C13H15N3O3S/c1-8-2-3-9(6-10(8)14)15-11(17)7-16-12(18)4-5-20-13(16)19/h2-3,6H,4-5,7,14H2,1H3,(H,15,17). The molecule has 20 heavy (non-hydrogen) atoms. The molecule has 0 bridgehead atoms. The summed E-state index contributed by atoms with van der Waals surface area (Å²) in [5.74, 6) is -0.255. The predicted molar refractivity (Wildman–Crippen MR) is 78.4 cm³/mol. The molecule has 3 N–H and O–H groups in total. The van der Waals surface area contributed by atoms with Crippen LogP contribution in [0.2, 0.25) is 0 Å². The van der Waals surface area contributed by atoms with E-state index in [9.17, 15) is 14.4 Å². The molecule has 0 spiro atoms. The second-order valence-electron chi connectivity index (χ2n) is 4.46. The molecule has 0 aliphatic carbocycles. The van der Waals surface area contributed by atoms with E-state index in [2.05, 4.69) is 5.32 Å². The van der Waals surface area contributed by atoms with E-state index >= 15 is 0 Å². The summed E-state index contributed by atoms with van der Waals surface area (Å²) in [6.07, 6.45) is 0.279. The van der Waals surface area contributed by atoms with Gasteiger partial charge in [-0.1, -0.05) is 17.8 Å². The van der Waals surface area contributed by atoms with Crippen molar-refractivity contribution in [2.24, 2.45) is 0 Å². The molecule has 1 aromatic rings. The third-order valence-corrected chi connectivity index (χ3v) is 3.80. The largest absolute Gasteiger partial charge is 0.398 e. The van der Waals surface area contributed by atoms with Crippen molar-refractivity contribution < 1.29 is 14.4 Å². The van der Waals surface area contributed by atoms with Gasteiger partial charge in [0, 0.05) is 23.5 Å². The summed E-state index contributed by atoms with van der Waals surface area (Å²) in [6.45, 7) is 1.60. The molecule has 1 saturated heterocycles. The van der Waals surface area contributed by atoms with Crippen LogP contribution in [-0.4, -0.2) is 34.3 Å². The highest BCUT2D eigenvalue weighted by molar-refractivity contribution is 8.13. The van der Waals surface area contributed by atoms with Crippen LogP contribution in [0.3, 0.4) is 0 Å². The van der Waals surface area contributed by atoms with Crippen LogP contribution >= 0.6 is 11.8 Å². The first kappa shape index (κ1) is 14.4. The van der Waals surface area contributed by atoms with Crippen molar-refractivity contribution in [2.45, 2.75) is 13.3 Å². The molecule has 1 aliphatic heterocycles. The normalized spacial score (nSPS) is 15.3. The highest BCUT2D eigenvalue weighted by Crippen LogP contribution is 2.19. The van der Waals surface area contributed by atoms with Crippen LogP contribution in [0.4, 0.5) is 16.2 Å². The van der Waals surface area contributed by atoms with E-state index in [1.165, 1.54) is 0 Å². The number of amides is 3. The lowest BCUT2D eigenvalue weighted by atomic mass is 10.2. The molecule has 6 nitrogen and oxygen atoms in total. The number of nitrogens with one attached hydrogen (secondary N) is 1. The number of rotatable bonds is 3. The van der Waals surface area contributed by atoms with E-state index in [1.54, 1.807) is 18.2 Å². The Morgan fingerprint density at radius 3 is 2.85 bits per heavy atom. The molecule has 0 unspecified atom stereocenters. The zero-order valence-corrected chi connectivity index (χ0v) is 11.8. The molecule has 3 amide bonds. The van der Waals surface area contributed by atoms with Gasteiger partial charge in [-0.25, -0.2) is 0 Å². The number of benzene rings is 1. The first-order valence-corrected chi connectivity index (χ1v) is 7.09. The van der Waals surface area contributed by atoms with Crippen LogP contribution in [0.15, 0.2) is 18.2 Å². The number of hydrogen-bond donors (Lipinski definition) is 2. The Hall–Kier alpha value is -2.02. The second kappa shape index (κ2) is 5.96. The Bertz CT molecular complexity index is 558. The zero-order chi connectivity index (χ0) is 14.7. The van der Waals surface area contributed by atoms with Crippen molar-refractivity contribution in [3.8, 4) is 0 Å². The maximum atomic E-state index is 11.9. The average Bonchev–Trinajstić information content (AvgIpc) is 2.38. The van der Waals surface area contributed by atoms with Gasteiger partial charge in [0.2, 0.25) is 11.8 Å². The first-order chi connectivity index (χ1) is 9.47. The summed E-state index contributed by atoms with van der Waals surface area (Å²) in [5, 5.41) is 2.25. The lowest BCUT2D eigenvalue weighted by molar-refractivity contribution is -0.131. The average molecular weight is 293 g/mol. The van der Waals surface area contributed by atoms with Gasteiger partial charge < -0.3 is 11.1 Å². The minimum absolute atomic E-state index is 0.265. The fourth-order valence-electron chi connectivity index (χ4n) is 1.76. The molecular weight excluding hydrogens is 278 g/mol. The number of carbonyl (C=O) groups excluding carboxylic acids is 3. The number of thioether (sulfide) groups is 1. The molecule has 0 saturated carbocycles. The maximum Gasteiger partial charge on any atom is 0.288 e. The summed E-state index contributed by atoms with van der Waals surface area (Å²) < 4.78 is 0. The van der Waals surface area contributed by atoms with Gasteiger partial charge in [-0.05, 0) is 24.6 Å². The number of carbonyl (C=O) groups is 3. The number of nitrogens with zero attached hydrogens (tertiary/aromatic N) is 1. The van der Waals surface area contributed by atoms with Crippen LogP contribution in [0.5, 0.6) is 0 Å². The fourth-order valence-corrected chi connectivity index (χ4v) is 2.53. The zero-order valence-electron chi connectivity index (χ0n) is 11.0. The Morgan fingerprint density at radius 2 is 2.20 bits per heavy atom. The second-order valence-corrected chi connectivity index (χ2v) is 5.51. The highest BCUT2D eigenvalue weighted by atomic mass is 32.2. The van der Waals surface area contributed by atoms with Crippen LogP contribution in [0.1, 0.15) is 12.0 Å². The van der Waals surface area contributed by atoms with E-state index in [0.29, 0.717) is 17.1 Å². The minimum Gasteiger partial charge on any atom is -0.398 e. The van der Waals surface area contributed by atoms with Crippen molar-refractivity contribution in [3.05, 3.63) is 23.8 Å². The van der Waals surface area contributed by atoms with Gasteiger partial charge in [-0.2, -0.15) is 0 Å². The van der Waals surface area contributed by atoms with Gasteiger partial charge in [0.15, 0.2) is 0 Å². The number of anilines is 2. The van der Waals surface area contributed by atoms with Crippen molar-refractivity contribution >= 4 is 40.2 Å². The molecule has 2 rings (SSSR count). The SMILES string of the molecule is Cc1ccc(NC(=O)CN2C(=O)CCSC2=O)cc1N. The molecule has 0 atom stereocenters. The maximum absolute atomic E-state index is 11.9. The van der Waals surface area contributed by atoms with Gasteiger partial charge >= 0.3 is 0 Å². The molecule has 106 valence electrons. The Morgan fingerprint density at radius 1 is 1.45 bits per heavy atom. The molecule has 1 aromatic carbocycles. The minimum atomic E-state index is -0.419. The monoisotopic (exact) mass is 293 g/mol. The van der Waals surface area contributed by atoms with Crippen LogP contribution in [-0.2, 0) is 9.59 Å². The summed E-state index contributed by atoms with van der Waals surface area (Å²) in [4.78, 5) is 36.0. The summed E-state index contributed by atoms with van der Waals surface area (Å²) in [5.41, 5.74) is 7.79. The quantitative estimate of drug-likeness (QED) is 0.826. The topological polar surface area (TPSA) is 92.5 Å². The predicted octanol–water partition coefficient (Wildman–Crippen LogP) is 1.60. The van der Waals surface area contributed by atoms with Gasteiger partial charge in [0.1, 0.15) is 6.54 Å². The lowest BCUT2D eigenvalue weighted by Crippen LogP contribution is -2.43. The van der Waals surface area contributed by atoms with Gasteiger partial charge in [0.25, 0.3) is 5.24 Å². The summed E-state index contributed by atoms with van der Waals surface area (Å²) in [6, 6.07) is 5.15. The molecule has 1 fully saturated rings. The van der Waals surface area contributed by atoms with E-state index in [-0.39, 0.29) is 24.1 Å². The highest BCUT2D eigenvalue weighted by Gasteiger charge is 2.28. The number of nitrogens with two attached hydrogens (primary N) is 1. The van der Waals surface area contributed by atoms with Crippen LogP contribution < -0.4 is 11.1 Å². The van der Waals surface area contributed by atoms with Crippen LogP contribution in [0.25, 0.3) is 0 Å². The molecule has 1 aliphatic rings. The number of aryl methyl sites for hydroxylation is 1. The third-order valence-electron chi connectivity index (χ3n) is 2.93. The summed E-state index contributed by atoms with van der Waals surface area (Å²) >= 11 is 1.05. The number of hydrogen-bond acceptors (Lipinski definition) is 5. The van der Waals surface area contributed by atoms with Crippen LogP contribution in [0, 0.1) is 6.92 Å². The molecule has 0 radical (unpaired) electrons. The molecule has 1 heterocycles. The van der Waals surface area contributed by atoms with Crippen molar-refractivity contribution in [1.82, 2.24) is 4.90 Å². The number of imide groups is 1. The lowest BCUT2D eigenvalue weighted by Gasteiger charge is -2.23. The molecule has 0 aromatic heterocycles. The van der Waals surface area contributed by atoms with E-state index < -0.39 is 5.91 Å². The van der Waals surface area contributed by atoms with Gasteiger partial charge in [-0.3, -0.25) is 19.3 Å². The fraction of sp³-hybridized carbons (Fsp3) is 0.308. The van der Waals surface area contributed by atoms with E-state index in [4.69, 9.17) is 5.73 Å². The Balaban J connectivity index is 1.99. The smallest absolute Gasteiger partial charge is 0.288 e. The Kier molecular flexibility index (Phi) is 4.29. The molecular formula is C13H15N3O3S. The van der Waals surface area contributed by atoms with Gasteiger partial charge in [-0.15, -0.1) is 0 Å². The summed E-state index contributed by atoms with van der Waals surface area (Å²) in [7, 11) is 0. The van der Waals surface area contributed by atoms with Crippen molar-refractivity contribution in [1.29, 1.82) is 0 Å². The third kappa shape index (κ3) is 3.30. The van der Waals surface area contributed by atoms with Gasteiger partial charge in [0.05, 0.1) is 0 Å². The first-order valence-electron chi connectivity index (χ1n) is 6.10. The Labute approximate surface area is 120 Å². The number of nitrogen functional groups attached to an aromatic ring is 1. The van der Waals surface area contributed by atoms with Crippen molar-refractivity contribution in [3.63, 3.8) is 0 Å². The van der Waals surface area contributed by atoms with E-state index in [0.717, 1.165) is 22.2 Å².